The Hall–Kier alpha value is -2.12. The molecule has 4 heteroatoms. The van der Waals surface area contributed by atoms with Crippen LogP contribution in [-0.4, -0.2) is 30.4 Å². The van der Waals surface area contributed by atoms with Crippen molar-refractivity contribution in [1.82, 2.24) is 0 Å². The molecule has 130 valence electrons. The SMILES string of the molecule is CC#Cc1ccc(C2C(=O)[C@@H]3[C@H](C2=O)[C@H]2CC[C@@H]3O2)c(OCCC)c1. The van der Waals surface area contributed by atoms with Crippen molar-refractivity contribution < 1.29 is 19.1 Å². The molecule has 2 bridgehead atoms. The lowest BCUT2D eigenvalue weighted by Crippen LogP contribution is -2.29. The molecule has 0 spiro atoms. The molecule has 0 radical (unpaired) electrons. The van der Waals surface area contributed by atoms with Crippen molar-refractivity contribution >= 4 is 11.6 Å². The van der Waals surface area contributed by atoms with E-state index in [1.165, 1.54) is 0 Å². The first kappa shape index (κ1) is 16.4. The molecule has 4 nitrogen and oxygen atoms in total. The lowest BCUT2D eigenvalue weighted by atomic mass is 9.81. The predicted octanol–water partition coefficient (Wildman–Crippen LogP) is 2.88. The highest BCUT2D eigenvalue weighted by atomic mass is 16.5. The van der Waals surface area contributed by atoms with Gasteiger partial charge in [-0.2, -0.15) is 0 Å². The number of rotatable bonds is 4. The van der Waals surface area contributed by atoms with Gasteiger partial charge >= 0.3 is 0 Å². The number of ether oxygens (including phenoxy) is 2. The van der Waals surface area contributed by atoms with Crippen molar-refractivity contribution in [3.8, 4) is 17.6 Å². The Morgan fingerprint density at radius 3 is 2.44 bits per heavy atom. The van der Waals surface area contributed by atoms with E-state index in [2.05, 4.69) is 11.8 Å². The Bertz CT molecular complexity index is 757. The topological polar surface area (TPSA) is 52.6 Å². The minimum absolute atomic E-state index is 0.0119. The summed E-state index contributed by atoms with van der Waals surface area (Å²) in [4.78, 5) is 26.1. The summed E-state index contributed by atoms with van der Waals surface area (Å²) in [6, 6.07) is 5.56. The molecule has 1 aromatic carbocycles. The maximum Gasteiger partial charge on any atom is 0.154 e. The van der Waals surface area contributed by atoms with Crippen LogP contribution in [0.15, 0.2) is 18.2 Å². The zero-order valence-corrected chi connectivity index (χ0v) is 14.6. The molecule has 1 unspecified atom stereocenters. The van der Waals surface area contributed by atoms with Crippen LogP contribution in [0.3, 0.4) is 0 Å². The molecule has 25 heavy (non-hydrogen) atoms. The van der Waals surface area contributed by atoms with Gasteiger partial charge in [0.25, 0.3) is 0 Å². The lowest BCUT2D eigenvalue weighted by Gasteiger charge is -2.17. The fraction of sp³-hybridized carbons (Fsp3) is 0.524. The number of hydrogen-bond acceptors (Lipinski definition) is 4. The van der Waals surface area contributed by atoms with E-state index < -0.39 is 5.92 Å². The van der Waals surface area contributed by atoms with Gasteiger partial charge in [0.05, 0.1) is 30.7 Å². The molecule has 0 aromatic heterocycles. The van der Waals surface area contributed by atoms with E-state index in [1.807, 2.05) is 25.1 Å². The largest absolute Gasteiger partial charge is 0.493 e. The van der Waals surface area contributed by atoms with Gasteiger partial charge in [0.2, 0.25) is 0 Å². The average molecular weight is 338 g/mol. The van der Waals surface area contributed by atoms with Crippen LogP contribution in [0, 0.1) is 23.7 Å². The van der Waals surface area contributed by atoms with Gasteiger partial charge < -0.3 is 9.47 Å². The summed E-state index contributed by atoms with van der Waals surface area (Å²) >= 11 is 0. The van der Waals surface area contributed by atoms with Gasteiger partial charge in [-0.15, -0.1) is 5.92 Å². The van der Waals surface area contributed by atoms with E-state index in [-0.39, 0.29) is 35.6 Å². The van der Waals surface area contributed by atoms with Crippen LogP contribution in [0.25, 0.3) is 0 Å². The maximum absolute atomic E-state index is 13.0. The second-order valence-corrected chi connectivity index (χ2v) is 7.06. The van der Waals surface area contributed by atoms with E-state index in [9.17, 15) is 9.59 Å². The number of carbonyl (C=O) groups excluding carboxylic acids is 2. The number of hydrogen-bond donors (Lipinski definition) is 0. The first-order valence-electron chi connectivity index (χ1n) is 9.08. The van der Waals surface area contributed by atoms with Crippen LogP contribution < -0.4 is 4.74 Å². The maximum atomic E-state index is 13.0. The predicted molar refractivity (Wildman–Crippen MR) is 92.4 cm³/mol. The van der Waals surface area contributed by atoms with Crippen LogP contribution in [0.4, 0.5) is 0 Å². The van der Waals surface area contributed by atoms with Crippen molar-refractivity contribution in [2.45, 2.75) is 51.2 Å². The van der Waals surface area contributed by atoms with Gasteiger partial charge in [0, 0.05) is 11.1 Å². The minimum atomic E-state index is -0.711. The third kappa shape index (κ3) is 2.49. The van der Waals surface area contributed by atoms with Crippen LogP contribution in [0.5, 0.6) is 5.75 Å². The minimum Gasteiger partial charge on any atom is -0.493 e. The van der Waals surface area contributed by atoms with Gasteiger partial charge in [-0.3, -0.25) is 9.59 Å². The van der Waals surface area contributed by atoms with E-state index in [1.54, 1.807) is 6.92 Å². The average Bonchev–Trinajstić information content (AvgIpc) is 3.28. The van der Waals surface area contributed by atoms with Crippen molar-refractivity contribution in [2.75, 3.05) is 6.61 Å². The lowest BCUT2D eigenvalue weighted by molar-refractivity contribution is -0.127. The molecule has 4 rings (SSSR count). The monoisotopic (exact) mass is 338 g/mol. The molecule has 2 heterocycles. The van der Waals surface area contributed by atoms with Crippen LogP contribution >= 0.6 is 0 Å². The first-order valence-corrected chi connectivity index (χ1v) is 9.08. The van der Waals surface area contributed by atoms with Gasteiger partial charge in [0.15, 0.2) is 11.6 Å². The number of benzene rings is 1. The van der Waals surface area contributed by atoms with Crippen molar-refractivity contribution in [3.05, 3.63) is 29.3 Å². The molecule has 3 aliphatic rings. The van der Waals surface area contributed by atoms with E-state index in [4.69, 9.17) is 9.47 Å². The summed E-state index contributed by atoms with van der Waals surface area (Å²) < 4.78 is 11.7. The van der Waals surface area contributed by atoms with Gasteiger partial charge in [0.1, 0.15) is 11.7 Å². The summed E-state index contributed by atoms with van der Waals surface area (Å²) in [5.74, 6) is 5.29. The summed E-state index contributed by atoms with van der Waals surface area (Å²) in [6.07, 6.45) is 2.51. The molecule has 0 N–H and O–H groups in total. The first-order chi connectivity index (χ1) is 12.2. The van der Waals surface area contributed by atoms with Crippen LogP contribution in [0.1, 0.15) is 50.2 Å². The van der Waals surface area contributed by atoms with E-state index in [0.29, 0.717) is 17.9 Å². The Kier molecular flexibility index (Phi) is 4.13. The number of Topliss-reactive ketones (excluding diaryl/α,β-unsaturated/α-hetero) is 2. The quantitative estimate of drug-likeness (QED) is 0.626. The molecular formula is C21H22O4. The highest BCUT2D eigenvalue weighted by molar-refractivity contribution is 6.17. The fourth-order valence-electron chi connectivity index (χ4n) is 4.56. The third-order valence-electron chi connectivity index (χ3n) is 5.55. The smallest absolute Gasteiger partial charge is 0.154 e. The molecule has 2 aliphatic heterocycles. The van der Waals surface area contributed by atoms with Crippen molar-refractivity contribution in [3.63, 3.8) is 0 Å². The summed E-state index contributed by atoms with van der Waals surface area (Å²) in [7, 11) is 0. The summed E-state index contributed by atoms with van der Waals surface area (Å²) in [6.45, 7) is 4.36. The van der Waals surface area contributed by atoms with Crippen LogP contribution in [0.2, 0.25) is 0 Å². The van der Waals surface area contributed by atoms with E-state index in [0.717, 1.165) is 24.8 Å². The van der Waals surface area contributed by atoms with Crippen molar-refractivity contribution in [1.29, 1.82) is 0 Å². The molecule has 1 aliphatic carbocycles. The molecule has 3 fully saturated rings. The number of carbonyl (C=O) groups is 2. The highest BCUT2D eigenvalue weighted by Crippen LogP contribution is 2.53. The number of ketones is 2. The second kappa shape index (κ2) is 6.31. The Balaban J connectivity index is 1.72. The van der Waals surface area contributed by atoms with Crippen LogP contribution in [-0.2, 0) is 14.3 Å². The van der Waals surface area contributed by atoms with Gasteiger partial charge in [-0.25, -0.2) is 0 Å². The Morgan fingerprint density at radius 2 is 1.84 bits per heavy atom. The highest BCUT2D eigenvalue weighted by Gasteiger charge is 2.63. The normalized spacial score (nSPS) is 32.5. The van der Waals surface area contributed by atoms with Crippen molar-refractivity contribution in [2.24, 2.45) is 11.8 Å². The molecule has 2 saturated heterocycles. The fourth-order valence-corrected chi connectivity index (χ4v) is 4.56. The van der Waals surface area contributed by atoms with E-state index >= 15 is 0 Å². The standard InChI is InChI=1S/C21H22O4/c1-3-5-12-6-7-13(16(11-12)24-10-4-2)17-20(22)18-14-8-9-15(25-14)19(18)21(17)23/h6-7,11,14-15,17-19H,4,8-10H2,1-2H3/t14-,15+,17?,18-,19+. The van der Waals surface area contributed by atoms with Gasteiger partial charge in [-0.05, 0) is 38.3 Å². The summed E-state index contributed by atoms with van der Waals surface area (Å²) in [5, 5.41) is 0. The molecular weight excluding hydrogens is 316 g/mol. The molecule has 1 aromatic rings. The zero-order valence-electron chi connectivity index (χ0n) is 14.6. The zero-order chi connectivity index (χ0) is 17.6. The molecule has 1 saturated carbocycles. The van der Waals surface area contributed by atoms with Gasteiger partial charge in [-0.1, -0.05) is 18.9 Å². The second-order valence-electron chi connectivity index (χ2n) is 7.06. The molecule has 0 amide bonds. The number of fused-ring (bicyclic) bond motifs is 5. The Morgan fingerprint density at radius 1 is 1.16 bits per heavy atom. The molecule has 5 atom stereocenters. The summed E-state index contributed by atoms with van der Waals surface area (Å²) in [5.41, 5.74) is 1.53. The Labute approximate surface area is 147 Å². The third-order valence-corrected chi connectivity index (χ3v) is 5.55.